The number of carbonyl (C=O) groups excluding carboxylic acids is 1. The molecule has 2 atom stereocenters. The van der Waals surface area contributed by atoms with Gasteiger partial charge in [0, 0.05) is 58.2 Å². The van der Waals surface area contributed by atoms with Gasteiger partial charge in [0.15, 0.2) is 0 Å². The van der Waals surface area contributed by atoms with Crippen LogP contribution in [0.15, 0.2) is 18.5 Å². The van der Waals surface area contributed by atoms with E-state index in [9.17, 15) is 4.79 Å². The highest BCUT2D eigenvalue weighted by atomic mass is 16.5. The van der Waals surface area contributed by atoms with Crippen molar-refractivity contribution in [1.82, 2.24) is 19.6 Å². The minimum Gasteiger partial charge on any atom is -0.385 e. The monoisotopic (exact) mass is 376 g/mol. The maximum atomic E-state index is 12.9. The lowest BCUT2D eigenvalue weighted by molar-refractivity contribution is -0.133. The molecule has 6 nitrogen and oxygen atoms in total. The summed E-state index contributed by atoms with van der Waals surface area (Å²) in [6, 6.07) is 2.62. The fourth-order valence-electron chi connectivity index (χ4n) is 4.77. The predicted molar refractivity (Wildman–Crippen MR) is 106 cm³/mol. The summed E-state index contributed by atoms with van der Waals surface area (Å²) in [5.74, 6) is 0.933. The minimum atomic E-state index is 0.297. The Labute approximate surface area is 163 Å². The van der Waals surface area contributed by atoms with Gasteiger partial charge in [-0.25, -0.2) is 0 Å². The molecule has 2 fully saturated rings. The molecular formula is C21H36N4O2. The molecular weight excluding hydrogens is 340 g/mol. The molecule has 0 aromatic carbocycles. The van der Waals surface area contributed by atoms with Crippen molar-refractivity contribution in [2.45, 2.75) is 64.0 Å². The van der Waals surface area contributed by atoms with Gasteiger partial charge in [0.2, 0.25) is 5.91 Å². The summed E-state index contributed by atoms with van der Waals surface area (Å²) in [5, 5.41) is 4.23. The Hall–Kier alpha value is -1.40. The molecule has 3 rings (SSSR count). The van der Waals surface area contributed by atoms with Crippen molar-refractivity contribution in [2.75, 3.05) is 39.9 Å². The molecule has 0 N–H and O–H groups in total. The second kappa shape index (κ2) is 10.8. The van der Waals surface area contributed by atoms with Gasteiger partial charge in [0.05, 0.1) is 0 Å². The van der Waals surface area contributed by atoms with Crippen LogP contribution < -0.4 is 0 Å². The van der Waals surface area contributed by atoms with Gasteiger partial charge in [-0.2, -0.15) is 5.10 Å². The van der Waals surface area contributed by atoms with Crippen LogP contribution in [-0.2, 0) is 16.1 Å². The number of amides is 1. The molecule has 0 saturated carbocycles. The normalized spacial score (nSPS) is 23.1. The number of methoxy groups -OCH3 is 1. The Morgan fingerprint density at radius 3 is 2.93 bits per heavy atom. The number of aryl methyl sites for hydroxylation is 1. The van der Waals surface area contributed by atoms with E-state index in [-0.39, 0.29) is 0 Å². The van der Waals surface area contributed by atoms with Gasteiger partial charge in [0.25, 0.3) is 0 Å². The highest BCUT2D eigenvalue weighted by Crippen LogP contribution is 2.31. The van der Waals surface area contributed by atoms with Gasteiger partial charge < -0.3 is 14.5 Å². The number of carbonyl (C=O) groups is 1. The molecule has 0 spiro atoms. The number of ether oxygens (including phenoxy) is 1. The van der Waals surface area contributed by atoms with Crippen LogP contribution in [0.2, 0.25) is 0 Å². The first-order chi connectivity index (χ1) is 13.3. The molecule has 0 radical (unpaired) electrons. The van der Waals surface area contributed by atoms with Gasteiger partial charge in [-0.3, -0.25) is 9.48 Å². The van der Waals surface area contributed by atoms with Crippen LogP contribution in [-0.4, -0.2) is 71.4 Å². The van der Waals surface area contributed by atoms with E-state index < -0.39 is 0 Å². The van der Waals surface area contributed by atoms with E-state index in [0.29, 0.717) is 24.3 Å². The lowest BCUT2D eigenvalue weighted by Crippen LogP contribution is -2.51. The molecule has 1 amide bonds. The lowest BCUT2D eigenvalue weighted by atomic mass is 9.83. The quantitative estimate of drug-likeness (QED) is 0.589. The van der Waals surface area contributed by atoms with E-state index in [2.05, 4.69) is 14.9 Å². The topological polar surface area (TPSA) is 50.6 Å². The zero-order chi connectivity index (χ0) is 18.9. The number of hydrogen-bond donors (Lipinski definition) is 0. The zero-order valence-electron chi connectivity index (χ0n) is 16.9. The van der Waals surface area contributed by atoms with Crippen molar-refractivity contribution in [1.29, 1.82) is 0 Å². The number of aromatic nitrogens is 2. The Kier molecular flexibility index (Phi) is 8.14. The average molecular weight is 377 g/mol. The first-order valence-corrected chi connectivity index (χ1v) is 10.8. The highest BCUT2D eigenvalue weighted by Gasteiger charge is 2.34. The van der Waals surface area contributed by atoms with Crippen molar-refractivity contribution in [3.8, 4) is 0 Å². The molecule has 27 heavy (non-hydrogen) atoms. The van der Waals surface area contributed by atoms with Gasteiger partial charge in [-0.1, -0.05) is 6.42 Å². The van der Waals surface area contributed by atoms with Crippen LogP contribution in [0.25, 0.3) is 0 Å². The molecule has 0 unspecified atom stereocenters. The molecule has 0 bridgehead atoms. The van der Waals surface area contributed by atoms with Gasteiger partial charge in [-0.05, 0) is 63.6 Å². The van der Waals surface area contributed by atoms with Crippen molar-refractivity contribution in [3.05, 3.63) is 18.5 Å². The largest absolute Gasteiger partial charge is 0.385 e. The molecule has 0 aliphatic carbocycles. The number of nitrogens with zero attached hydrogens (tertiary/aromatic N) is 4. The van der Waals surface area contributed by atoms with Gasteiger partial charge in [-0.15, -0.1) is 0 Å². The van der Waals surface area contributed by atoms with Crippen LogP contribution in [0.5, 0.6) is 0 Å². The first kappa shape index (κ1) is 20.3. The third kappa shape index (κ3) is 6.04. The van der Waals surface area contributed by atoms with E-state index in [1.54, 1.807) is 13.3 Å². The molecule has 2 aliphatic rings. The van der Waals surface area contributed by atoms with E-state index in [0.717, 1.165) is 39.1 Å². The number of fused-ring (bicyclic) bond motifs is 1. The summed E-state index contributed by atoms with van der Waals surface area (Å²) < 4.78 is 7.13. The number of hydrogen-bond acceptors (Lipinski definition) is 4. The van der Waals surface area contributed by atoms with Crippen molar-refractivity contribution >= 4 is 5.91 Å². The summed E-state index contributed by atoms with van der Waals surface area (Å²) in [6.07, 6.45) is 12.7. The summed E-state index contributed by atoms with van der Waals surface area (Å²) in [5.41, 5.74) is 0. The SMILES string of the molecule is COCCCN(C[C@H]1CCCN2CCCC[C@H]12)C(=O)CCCn1cccn1. The molecule has 1 aromatic heterocycles. The third-order valence-electron chi connectivity index (χ3n) is 6.15. The van der Waals surface area contributed by atoms with Crippen molar-refractivity contribution in [2.24, 2.45) is 5.92 Å². The summed E-state index contributed by atoms with van der Waals surface area (Å²) >= 11 is 0. The standard InChI is InChI=1S/C21H36N4O2/c1-27-17-7-14-24(21(26)10-5-15-25-16-6-11-22-25)18-19-8-4-13-23-12-3-2-9-20(19)23/h6,11,16,19-20H,2-5,7-10,12-15,17-18H2,1H3/t19-,20-/m1/s1. The van der Waals surface area contributed by atoms with Crippen molar-refractivity contribution in [3.63, 3.8) is 0 Å². The second-order valence-corrected chi connectivity index (χ2v) is 8.06. The molecule has 1 aromatic rings. The number of rotatable bonds is 10. The lowest BCUT2D eigenvalue weighted by Gasteiger charge is -2.45. The van der Waals surface area contributed by atoms with E-state index >= 15 is 0 Å². The summed E-state index contributed by atoms with van der Waals surface area (Å²) in [6.45, 7) is 5.77. The molecule has 6 heteroatoms. The zero-order valence-corrected chi connectivity index (χ0v) is 16.9. The van der Waals surface area contributed by atoms with Crippen LogP contribution in [0.4, 0.5) is 0 Å². The van der Waals surface area contributed by atoms with E-state index in [4.69, 9.17) is 4.74 Å². The second-order valence-electron chi connectivity index (χ2n) is 8.06. The smallest absolute Gasteiger partial charge is 0.222 e. The molecule has 152 valence electrons. The highest BCUT2D eigenvalue weighted by molar-refractivity contribution is 5.76. The Balaban J connectivity index is 1.53. The Morgan fingerprint density at radius 2 is 2.11 bits per heavy atom. The van der Waals surface area contributed by atoms with Crippen LogP contribution in [0, 0.1) is 5.92 Å². The van der Waals surface area contributed by atoms with Crippen LogP contribution in [0.3, 0.4) is 0 Å². The summed E-state index contributed by atoms with van der Waals surface area (Å²) in [4.78, 5) is 17.8. The fourth-order valence-corrected chi connectivity index (χ4v) is 4.77. The molecule has 2 aliphatic heterocycles. The molecule has 3 heterocycles. The maximum Gasteiger partial charge on any atom is 0.222 e. The summed E-state index contributed by atoms with van der Waals surface area (Å²) in [7, 11) is 1.73. The Bertz CT molecular complexity index is 546. The Morgan fingerprint density at radius 1 is 1.22 bits per heavy atom. The predicted octanol–water partition coefficient (Wildman–Crippen LogP) is 2.79. The average Bonchev–Trinajstić information content (AvgIpc) is 3.21. The molecule has 2 saturated heterocycles. The van der Waals surface area contributed by atoms with Crippen LogP contribution >= 0.6 is 0 Å². The van der Waals surface area contributed by atoms with Gasteiger partial charge in [0.1, 0.15) is 0 Å². The van der Waals surface area contributed by atoms with E-state index in [1.165, 1.54) is 45.2 Å². The minimum absolute atomic E-state index is 0.297. The third-order valence-corrected chi connectivity index (χ3v) is 6.15. The number of piperidine rings is 2. The van der Waals surface area contributed by atoms with E-state index in [1.807, 2.05) is 16.9 Å². The van der Waals surface area contributed by atoms with Crippen molar-refractivity contribution < 1.29 is 9.53 Å². The van der Waals surface area contributed by atoms with Gasteiger partial charge >= 0.3 is 0 Å². The maximum absolute atomic E-state index is 12.9. The van der Waals surface area contributed by atoms with Crippen LogP contribution in [0.1, 0.15) is 51.4 Å². The first-order valence-electron chi connectivity index (χ1n) is 10.8. The fraction of sp³-hybridized carbons (Fsp3) is 0.810.